The topological polar surface area (TPSA) is 87.3 Å². The molecular weight excluding hydrogens is 350 g/mol. The lowest BCUT2D eigenvalue weighted by Gasteiger charge is -2.32. The highest BCUT2D eigenvalue weighted by atomic mass is 32.2. The maximum atomic E-state index is 12.8. The third-order valence-corrected chi connectivity index (χ3v) is 6.30. The molecule has 0 aliphatic carbocycles. The molecule has 0 spiro atoms. The van der Waals surface area contributed by atoms with E-state index in [4.69, 9.17) is 0 Å². The van der Waals surface area contributed by atoms with E-state index in [2.05, 4.69) is 22.3 Å². The minimum Gasteiger partial charge on any atom is -0.350 e. The van der Waals surface area contributed by atoms with Crippen molar-refractivity contribution in [2.75, 3.05) is 13.1 Å². The maximum Gasteiger partial charge on any atom is 0.241 e. The Morgan fingerprint density at radius 1 is 1.27 bits per heavy atom. The van der Waals surface area contributed by atoms with Crippen LogP contribution in [0.4, 0.5) is 0 Å². The van der Waals surface area contributed by atoms with Crippen molar-refractivity contribution >= 4 is 15.9 Å². The Morgan fingerprint density at radius 3 is 2.50 bits per heavy atom. The largest absolute Gasteiger partial charge is 0.350 e. The lowest BCUT2D eigenvalue weighted by Crippen LogP contribution is -2.55. The van der Waals surface area contributed by atoms with Crippen LogP contribution in [0.25, 0.3) is 0 Å². The Balaban J connectivity index is 2.12. The monoisotopic (exact) mass is 381 g/mol. The molecule has 6 nitrogen and oxygen atoms in total. The van der Waals surface area contributed by atoms with E-state index >= 15 is 0 Å². The van der Waals surface area contributed by atoms with E-state index in [1.165, 1.54) is 0 Å². The summed E-state index contributed by atoms with van der Waals surface area (Å²) in [7, 11) is -3.75. The molecule has 3 atom stereocenters. The normalized spacial score (nSPS) is 22.2. The van der Waals surface area contributed by atoms with Crippen LogP contribution < -0.4 is 15.4 Å². The van der Waals surface area contributed by atoms with E-state index in [9.17, 15) is 13.2 Å². The van der Waals surface area contributed by atoms with Crippen LogP contribution in [0.3, 0.4) is 0 Å². The molecule has 1 aliphatic heterocycles. The Bertz CT molecular complexity index is 701. The molecule has 1 aromatic carbocycles. The van der Waals surface area contributed by atoms with E-state index in [1.54, 1.807) is 24.3 Å². The average molecular weight is 382 g/mol. The Hall–Kier alpha value is -1.44. The Labute approximate surface area is 157 Å². The number of carbonyl (C=O) groups is 1. The number of sulfonamides is 1. The summed E-state index contributed by atoms with van der Waals surface area (Å²) in [4.78, 5) is 13.0. The molecule has 146 valence electrons. The fourth-order valence-corrected chi connectivity index (χ4v) is 4.33. The number of nitrogens with one attached hydrogen (secondary N) is 3. The van der Waals surface area contributed by atoms with Gasteiger partial charge in [-0.15, -0.1) is 0 Å². The van der Waals surface area contributed by atoms with Crippen molar-refractivity contribution in [1.29, 1.82) is 0 Å². The number of carbonyl (C=O) groups excluding carboxylic acids is 1. The molecular formula is C19H31N3O3S. The van der Waals surface area contributed by atoms with Gasteiger partial charge in [0, 0.05) is 12.6 Å². The van der Waals surface area contributed by atoms with E-state index in [1.807, 2.05) is 20.8 Å². The van der Waals surface area contributed by atoms with Gasteiger partial charge in [-0.2, -0.15) is 4.72 Å². The van der Waals surface area contributed by atoms with Crippen molar-refractivity contribution in [3.63, 3.8) is 0 Å². The fourth-order valence-electron chi connectivity index (χ4n) is 3.12. The quantitative estimate of drug-likeness (QED) is 0.672. The molecule has 1 aromatic rings. The lowest BCUT2D eigenvalue weighted by atomic mass is 9.94. The summed E-state index contributed by atoms with van der Waals surface area (Å²) < 4.78 is 28.0. The van der Waals surface area contributed by atoms with Crippen LogP contribution in [0.5, 0.6) is 0 Å². The molecule has 1 aliphatic rings. The van der Waals surface area contributed by atoms with E-state index in [-0.39, 0.29) is 22.8 Å². The van der Waals surface area contributed by atoms with Gasteiger partial charge in [0.2, 0.25) is 15.9 Å². The van der Waals surface area contributed by atoms with Crippen LogP contribution >= 0.6 is 0 Å². The molecule has 0 saturated carbocycles. The Morgan fingerprint density at radius 2 is 1.92 bits per heavy atom. The maximum absolute atomic E-state index is 12.8. The smallest absolute Gasteiger partial charge is 0.241 e. The summed E-state index contributed by atoms with van der Waals surface area (Å²) in [5.41, 5.74) is 0.985. The standard InChI is InChI=1S/C19H31N3O3S/c1-13(2)11-17(19(23)21-18-12-20-10-9-15(18)4)22-26(24,25)16-7-5-14(3)6-8-16/h5-8,13,15,17-18,20,22H,9-12H2,1-4H3,(H,21,23). The van der Waals surface area contributed by atoms with Gasteiger partial charge in [0.05, 0.1) is 4.90 Å². The van der Waals surface area contributed by atoms with Crippen LogP contribution in [0.15, 0.2) is 29.2 Å². The van der Waals surface area contributed by atoms with Crippen molar-refractivity contribution in [1.82, 2.24) is 15.4 Å². The highest BCUT2D eigenvalue weighted by Crippen LogP contribution is 2.15. The molecule has 3 unspecified atom stereocenters. The van der Waals surface area contributed by atoms with Gasteiger partial charge in [0.1, 0.15) is 6.04 Å². The zero-order chi connectivity index (χ0) is 19.3. The minimum atomic E-state index is -3.75. The average Bonchev–Trinajstić information content (AvgIpc) is 2.56. The molecule has 0 aromatic heterocycles. The highest BCUT2D eigenvalue weighted by Gasteiger charge is 2.30. The summed E-state index contributed by atoms with van der Waals surface area (Å²) in [5, 5.41) is 6.31. The van der Waals surface area contributed by atoms with Crippen LogP contribution in [-0.4, -0.2) is 39.5 Å². The van der Waals surface area contributed by atoms with Gasteiger partial charge in [0.15, 0.2) is 0 Å². The fraction of sp³-hybridized carbons (Fsp3) is 0.632. The van der Waals surface area contributed by atoms with E-state index < -0.39 is 16.1 Å². The molecule has 1 heterocycles. The highest BCUT2D eigenvalue weighted by molar-refractivity contribution is 7.89. The van der Waals surface area contributed by atoms with E-state index in [0.717, 1.165) is 18.5 Å². The van der Waals surface area contributed by atoms with E-state index in [0.29, 0.717) is 18.9 Å². The van der Waals surface area contributed by atoms with Crippen LogP contribution in [-0.2, 0) is 14.8 Å². The molecule has 1 amide bonds. The van der Waals surface area contributed by atoms with Crippen molar-refractivity contribution in [2.45, 2.75) is 57.5 Å². The summed E-state index contributed by atoms with van der Waals surface area (Å²) in [5.74, 6) is 0.303. The first-order valence-corrected chi connectivity index (χ1v) is 10.8. The Kier molecular flexibility index (Phi) is 7.20. The number of hydrogen-bond donors (Lipinski definition) is 3. The second-order valence-corrected chi connectivity index (χ2v) is 9.42. The second kappa shape index (κ2) is 8.97. The van der Waals surface area contributed by atoms with Crippen molar-refractivity contribution < 1.29 is 13.2 Å². The van der Waals surface area contributed by atoms with Crippen molar-refractivity contribution in [3.05, 3.63) is 29.8 Å². The first kappa shape index (κ1) is 20.9. The minimum absolute atomic E-state index is 0.0230. The molecule has 2 rings (SSSR count). The SMILES string of the molecule is Cc1ccc(S(=O)(=O)NC(CC(C)C)C(=O)NC2CNCCC2C)cc1. The van der Waals surface area contributed by atoms with Gasteiger partial charge in [0.25, 0.3) is 0 Å². The zero-order valence-electron chi connectivity index (χ0n) is 16.1. The first-order valence-electron chi connectivity index (χ1n) is 9.29. The number of benzene rings is 1. The molecule has 3 N–H and O–H groups in total. The third-order valence-electron chi connectivity index (χ3n) is 4.81. The van der Waals surface area contributed by atoms with Crippen LogP contribution in [0, 0.1) is 18.8 Å². The zero-order valence-corrected chi connectivity index (χ0v) is 16.9. The summed E-state index contributed by atoms with van der Waals surface area (Å²) in [6, 6.07) is 5.87. The summed E-state index contributed by atoms with van der Waals surface area (Å²) >= 11 is 0. The number of rotatable bonds is 7. The number of aryl methyl sites for hydroxylation is 1. The first-order chi connectivity index (χ1) is 12.2. The van der Waals surface area contributed by atoms with Gasteiger partial charge in [-0.1, -0.05) is 38.5 Å². The predicted molar refractivity (Wildman–Crippen MR) is 103 cm³/mol. The van der Waals surface area contributed by atoms with Gasteiger partial charge in [-0.05, 0) is 50.3 Å². The lowest BCUT2D eigenvalue weighted by molar-refractivity contribution is -0.124. The molecule has 0 bridgehead atoms. The molecule has 1 saturated heterocycles. The summed E-state index contributed by atoms with van der Waals surface area (Å²) in [6.07, 6.45) is 1.44. The van der Waals surface area contributed by atoms with Crippen LogP contribution in [0.1, 0.15) is 39.2 Å². The number of hydrogen-bond acceptors (Lipinski definition) is 4. The van der Waals surface area contributed by atoms with Crippen molar-refractivity contribution in [3.8, 4) is 0 Å². The van der Waals surface area contributed by atoms with Gasteiger partial charge >= 0.3 is 0 Å². The van der Waals surface area contributed by atoms with Gasteiger partial charge in [-0.25, -0.2) is 8.42 Å². The number of amides is 1. The van der Waals surface area contributed by atoms with Crippen LogP contribution in [0.2, 0.25) is 0 Å². The van der Waals surface area contributed by atoms with Crippen molar-refractivity contribution in [2.24, 2.45) is 11.8 Å². The number of piperidine rings is 1. The molecule has 1 fully saturated rings. The summed E-state index contributed by atoms with van der Waals surface area (Å²) in [6.45, 7) is 9.63. The predicted octanol–water partition coefficient (Wildman–Crippen LogP) is 1.80. The third kappa shape index (κ3) is 5.79. The molecule has 26 heavy (non-hydrogen) atoms. The van der Waals surface area contributed by atoms with Gasteiger partial charge < -0.3 is 10.6 Å². The second-order valence-electron chi connectivity index (χ2n) is 7.70. The van der Waals surface area contributed by atoms with Gasteiger partial charge in [-0.3, -0.25) is 4.79 Å². The molecule has 0 radical (unpaired) electrons. The molecule has 7 heteroatoms.